The third-order valence-corrected chi connectivity index (χ3v) is 3.64. The number of carbonyl (C=O) groups is 2. The fourth-order valence-corrected chi connectivity index (χ4v) is 2.51. The first kappa shape index (κ1) is 15.0. The summed E-state index contributed by atoms with van der Waals surface area (Å²) in [6.45, 7) is 1.27. The highest BCUT2D eigenvalue weighted by atomic mass is 19.1. The molecule has 1 aliphatic rings. The molecule has 2 N–H and O–H groups in total. The minimum absolute atomic E-state index is 0.00210. The Hall–Kier alpha value is -2.42. The van der Waals surface area contributed by atoms with Crippen molar-refractivity contribution in [3.63, 3.8) is 0 Å². The van der Waals surface area contributed by atoms with E-state index < -0.39 is 17.1 Å². The number of rotatable bonds is 3. The van der Waals surface area contributed by atoms with Gasteiger partial charge in [0, 0.05) is 12.6 Å². The highest BCUT2D eigenvalue weighted by Crippen LogP contribution is 2.38. The lowest BCUT2D eigenvalue weighted by Gasteiger charge is -2.19. The zero-order chi connectivity index (χ0) is 15.5. The molecule has 1 fully saturated rings. The normalized spacial score (nSPS) is 16.0. The van der Waals surface area contributed by atoms with Crippen molar-refractivity contribution in [3.8, 4) is 6.07 Å². The van der Waals surface area contributed by atoms with Crippen molar-refractivity contribution in [2.75, 3.05) is 10.6 Å². The number of halogens is 1. The maximum absolute atomic E-state index is 13.5. The molecule has 0 saturated heterocycles. The van der Waals surface area contributed by atoms with E-state index in [2.05, 4.69) is 16.7 Å². The molecule has 0 aliphatic heterocycles. The van der Waals surface area contributed by atoms with Crippen LogP contribution in [0, 0.1) is 22.6 Å². The average Bonchev–Trinajstić information content (AvgIpc) is 2.92. The summed E-state index contributed by atoms with van der Waals surface area (Å²) in [5, 5.41) is 14.2. The zero-order valence-corrected chi connectivity index (χ0v) is 11.7. The van der Waals surface area contributed by atoms with E-state index in [0.29, 0.717) is 18.5 Å². The molecule has 0 heterocycles. The highest BCUT2D eigenvalue weighted by molar-refractivity contribution is 5.98. The van der Waals surface area contributed by atoms with E-state index in [-0.39, 0.29) is 11.6 Å². The number of hydrogen-bond acceptors (Lipinski definition) is 3. The van der Waals surface area contributed by atoms with Crippen molar-refractivity contribution < 1.29 is 14.0 Å². The summed E-state index contributed by atoms with van der Waals surface area (Å²) in [7, 11) is 0. The van der Waals surface area contributed by atoms with Crippen LogP contribution in [0.15, 0.2) is 18.2 Å². The molecule has 110 valence electrons. The molecule has 1 aliphatic carbocycles. The van der Waals surface area contributed by atoms with E-state index in [1.54, 1.807) is 0 Å². The van der Waals surface area contributed by atoms with Crippen LogP contribution in [0.5, 0.6) is 0 Å². The fourth-order valence-electron chi connectivity index (χ4n) is 2.51. The van der Waals surface area contributed by atoms with Gasteiger partial charge in [-0.15, -0.1) is 0 Å². The van der Waals surface area contributed by atoms with Crippen molar-refractivity contribution in [1.82, 2.24) is 0 Å². The fraction of sp³-hybridized carbons (Fsp3) is 0.400. The van der Waals surface area contributed by atoms with Gasteiger partial charge in [-0.3, -0.25) is 9.59 Å². The molecule has 2 amide bonds. The Morgan fingerprint density at radius 2 is 1.95 bits per heavy atom. The standard InChI is InChI=1S/C15H16FN3O2/c1-10(20)18-13-8-11(4-5-12(13)16)19-14(21)15(9-17)6-2-3-7-15/h4-5,8H,2-3,6-7H2,1H3,(H,18,20)(H,19,21). The van der Waals surface area contributed by atoms with Crippen molar-refractivity contribution >= 4 is 23.2 Å². The molecule has 0 spiro atoms. The third-order valence-electron chi connectivity index (χ3n) is 3.64. The van der Waals surface area contributed by atoms with Crippen LogP contribution in [0.25, 0.3) is 0 Å². The molecule has 0 radical (unpaired) electrons. The van der Waals surface area contributed by atoms with Crippen LogP contribution in [0.3, 0.4) is 0 Å². The van der Waals surface area contributed by atoms with Crippen LogP contribution < -0.4 is 10.6 Å². The summed E-state index contributed by atoms with van der Waals surface area (Å²) in [4.78, 5) is 23.3. The second kappa shape index (κ2) is 5.92. The number of nitrogens with zero attached hydrogens (tertiary/aromatic N) is 1. The molecule has 21 heavy (non-hydrogen) atoms. The summed E-state index contributed by atoms with van der Waals surface area (Å²) in [5.41, 5.74) is -0.646. The Morgan fingerprint density at radius 1 is 1.29 bits per heavy atom. The van der Waals surface area contributed by atoms with Gasteiger partial charge in [-0.25, -0.2) is 4.39 Å². The highest BCUT2D eigenvalue weighted by Gasteiger charge is 2.41. The van der Waals surface area contributed by atoms with Gasteiger partial charge in [-0.2, -0.15) is 5.26 Å². The topological polar surface area (TPSA) is 82.0 Å². The predicted molar refractivity (Wildman–Crippen MR) is 75.8 cm³/mol. The smallest absolute Gasteiger partial charge is 0.244 e. The lowest BCUT2D eigenvalue weighted by atomic mass is 9.87. The maximum Gasteiger partial charge on any atom is 0.244 e. The number of benzene rings is 1. The predicted octanol–water partition coefficient (Wildman–Crippen LogP) is 2.81. The largest absolute Gasteiger partial charge is 0.325 e. The molecule has 0 atom stereocenters. The number of carbonyl (C=O) groups excluding carboxylic acids is 2. The summed E-state index contributed by atoms with van der Waals surface area (Å²) in [5.74, 6) is -1.36. The first-order valence-electron chi connectivity index (χ1n) is 6.77. The number of anilines is 2. The van der Waals surface area contributed by atoms with Crippen molar-refractivity contribution in [1.29, 1.82) is 5.26 Å². The van der Waals surface area contributed by atoms with Gasteiger partial charge in [0.05, 0.1) is 11.8 Å². The summed E-state index contributed by atoms with van der Waals surface area (Å²) < 4.78 is 13.5. The molecule has 0 aromatic heterocycles. The molecule has 0 unspecified atom stereocenters. The van der Waals surface area contributed by atoms with E-state index in [1.165, 1.54) is 19.1 Å². The van der Waals surface area contributed by atoms with Crippen molar-refractivity contribution in [3.05, 3.63) is 24.0 Å². The molecule has 1 aromatic rings. The Labute approximate surface area is 122 Å². The quantitative estimate of drug-likeness (QED) is 0.897. The van der Waals surface area contributed by atoms with Gasteiger partial charge in [0.25, 0.3) is 0 Å². The van der Waals surface area contributed by atoms with Crippen LogP contribution in [-0.4, -0.2) is 11.8 Å². The van der Waals surface area contributed by atoms with Crippen LogP contribution in [0.2, 0.25) is 0 Å². The van der Waals surface area contributed by atoms with Gasteiger partial charge >= 0.3 is 0 Å². The molecule has 1 saturated carbocycles. The number of nitrogens with one attached hydrogen (secondary N) is 2. The number of amides is 2. The van der Waals surface area contributed by atoms with Crippen molar-refractivity contribution in [2.45, 2.75) is 32.6 Å². The third kappa shape index (κ3) is 3.19. The Morgan fingerprint density at radius 3 is 2.52 bits per heavy atom. The van der Waals surface area contributed by atoms with Crippen LogP contribution in [0.1, 0.15) is 32.6 Å². The summed E-state index contributed by atoms with van der Waals surface area (Å²) >= 11 is 0. The van der Waals surface area contributed by atoms with Gasteiger partial charge in [0.2, 0.25) is 11.8 Å². The lowest BCUT2D eigenvalue weighted by Crippen LogP contribution is -2.32. The van der Waals surface area contributed by atoms with E-state index in [1.807, 2.05) is 0 Å². The van der Waals surface area contributed by atoms with E-state index in [9.17, 15) is 19.2 Å². The minimum atomic E-state index is -0.997. The second-order valence-corrected chi connectivity index (χ2v) is 5.23. The van der Waals surface area contributed by atoms with E-state index in [4.69, 9.17) is 0 Å². The average molecular weight is 289 g/mol. The monoisotopic (exact) mass is 289 g/mol. The van der Waals surface area contributed by atoms with Gasteiger partial charge in [-0.05, 0) is 31.0 Å². The van der Waals surface area contributed by atoms with Gasteiger partial charge < -0.3 is 10.6 Å². The Balaban J connectivity index is 2.18. The summed E-state index contributed by atoms with van der Waals surface area (Å²) in [6, 6.07) is 6.00. The Bertz CT molecular complexity index is 616. The summed E-state index contributed by atoms with van der Waals surface area (Å²) in [6.07, 6.45) is 2.77. The van der Waals surface area contributed by atoms with Gasteiger partial charge in [0.15, 0.2) is 0 Å². The number of hydrogen-bond donors (Lipinski definition) is 2. The molecule has 5 nitrogen and oxygen atoms in total. The van der Waals surface area contributed by atoms with Crippen LogP contribution in [-0.2, 0) is 9.59 Å². The molecular formula is C15H16FN3O2. The van der Waals surface area contributed by atoms with E-state index >= 15 is 0 Å². The van der Waals surface area contributed by atoms with Crippen LogP contribution in [0.4, 0.5) is 15.8 Å². The maximum atomic E-state index is 13.5. The van der Waals surface area contributed by atoms with Gasteiger partial charge in [-0.1, -0.05) is 12.8 Å². The van der Waals surface area contributed by atoms with Gasteiger partial charge in [0.1, 0.15) is 11.2 Å². The SMILES string of the molecule is CC(=O)Nc1cc(NC(=O)C2(C#N)CCCC2)ccc1F. The molecule has 0 bridgehead atoms. The first-order chi connectivity index (χ1) is 9.97. The van der Waals surface area contributed by atoms with E-state index in [0.717, 1.165) is 18.9 Å². The zero-order valence-electron chi connectivity index (χ0n) is 11.7. The Kier molecular flexibility index (Phi) is 4.22. The minimum Gasteiger partial charge on any atom is -0.325 e. The molecular weight excluding hydrogens is 273 g/mol. The lowest BCUT2D eigenvalue weighted by molar-refractivity contribution is -0.122. The molecule has 6 heteroatoms. The van der Waals surface area contributed by atoms with Crippen LogP contribution >= 0.6 is 0 Å². The first-order valence-corrected chi connectivity index (χ1v) is 6.77. The molecule has 1 aromatic carbocycles. The second-order valence-electron chi connectivity index (χ2n) is 5.23. The number of nitriles is 1. The van der Waals surface area contributed by atoms with Crippen molar-refractivity contribution in [2.24, 2.45) is 5.41 Å². The molecule has 2 rings (SSSR count).